The van der Waals surface area contributed by atoms with E-state index in [-0.39, 0.29) is 12.5 Å². The van der Waals surface area contributed by atoms with E-state index in [0.717, 1.165) is 0 Å². The van der Waals surface area contributed by atoms with Gasteiger partial charge >= 0.3 is 5.97 Å². The fourth-order valence-corrected chi connectivity index (χ4v) is 1.43. The minimum atomic E-state index is -1.73. The average molecular weight is 372 g/mol. The van der Waals surface area contributed by atoms with E-state index in [2.05, 4.69) is 4.74 Å². The highest BCUT2D eigenvalue weighted by atomic mass is 125. The van der Waals surface area contributed by atoms with Crippen molar-refractivity contribution in [2.45, 2.75) is 12.8 Å². The van der Waals surface area contributed by atoms with Gasteiger partial charge < -0.3 is 4.74 Å². The molecule has 0 fully saturated rings. The normalized spacial score (nSPS) is 10.9. The Balaban J connectivity index is 2.87. The van der Waals surface area contributed by atoms with Crippen molar-refractivity contribution in [3.05, 3.63) is 39.5 Å². The van der Waals surface area contributed by atoms with Crippen molar-refractivity contribution in [3.63, 3.8) is 0 Å². The Morgan fingerprint density at radius 1 is 1.22 bits per heavy atom. The van der Waals surface area contributed by atoms with E-state index in [9.17, 15) is 22.4 Å². The zero-order valence-corrected chi connectivity index (χ0v) is 11.0. The van der Waals surface area contributed by atoms with Crippen LogP contribution in [0.25, 0.3) is 0 Å². The largest absolute Gasteiger partial charge is 0.420 e. The van der Waals surface area contributed by atoms with Gasteiger partial charge in [0, 0.05) is 12.5 Å². The van der Waals surface area contributed by atoms with Gasteiger partial charge in [0.15, 0.2) is 11.6 Å². The maximum absolute atomic E-state index is 13.1. The van der Waals surface area contributed by atoms with Crippen LogP contribution in [0.5, 0.6) is 5.75 Å². The molecule has 0 heterocycles. The van der Waals surface area contributed by atoms with Gasteiger partial charge in [0.25, 0.3) is 0 Å². The van der Waals surface area contributed by atoms with Crippen molar-refractivity contribution in [3.8, 4) is 5.75 Å². The van der Waals surface area contributed by atoms with E-state index in [4.69, 9.17) is 0 Å². The maximum Gasteiger partial charge on any atom is 0.311 e. The molecule has 0 aliphatic carbocycles. The molecule has 0 N–H and O–H groups in total. The summed E-state index contributed by atoms with van der Waals surface area (Å²) in [4.78, 5) is 11.2. The highest BCUT2D eigenvalue weighted by Crippen LogP contribution is 2.26. The van der Waals surface area contributed by atoms with E-state index in [1.54, 1.807) is 10.2 Å². The second-order valence-electron chi connectivity index (χ2n) is 3.17. The monoisotopic (exact) mass is 372 g/mol. The molecule has 0 aliphatic heterocycles. The van der Waals surface area contributed by atoms with Crippen LogP contribution in [-0.4, -0.2) is 5.97 Å². The van der Waals surface area contributed by atoms with Gasteiger partial charge in [-0.15, -0.1) is 0 Å². The van der Waals surface area contributed by atoms with E-state index in [1.165, 1.54) is 0 Å². The molecule has 0 atom stereocenters. The van der Waals surface area contributed by atoms with Crippen molar-refractivity contribution >= 4 is 28.6 Å². The molecule has 2 nitrogen and oxygen atoms in total. The molecule has 0 spiro atoms. The Labute approximate surface area is 114 Å². The van der Waals surface area contributed by atoms with Crippen molar-refractivity contribution in [1.29, 1.82) is 0 Å². The predicted molar refractivity (Wildman–Crippen MR) is 64.3 cm³/mol. The highest BCUT2D eigenvalue weighted by molar-refractivity contribution is 14.1. The van der Waals surface area contributed by atoms with Gasteiger partial charge in [0.2, 0.25) is 17.4 Å². The van der Waals surface area contributed by atoms with Gasteiger partial charge in [-0.05, 0) is 10.5 Å². The first-order valence-electron chi connectivity index (χ1n) is 4.76. The quantitative estimate of drug-likeness (QED) is 0.264. The Morgan fingerprint density at radius 2 is 1.78 bits per heavy atom. The van der Waals surface area contributed by atoms with Crippen molar-refractivity contribution in [2.75, 3.05) is 0 Å². The van der Waals surface area contributed by atoms with Crippen LogP contribution < -0.4 is 4.74 Å². The number of hydrogen-bond acceptors (Lipinski definition) is 2. The third kappa shape index (κ3) is 3.69. The lowest BCUT2D eigenvalue weighted by Gasteiger charge is -2.07. The third-order valence-electron chi connectivity index (χ3n) is 1.89. The van der Waals surface area contributed by atoms with Gasteiger partial charge in [0.05, 0.1) is 0 Å². The number of carbonyl (C=O) groups is 1. The molecule has 1 aromatic rings. The summed E-state index contributed by atoms with van der Waals surface area (Å²) in [6, 6.07) is 0.0425. The van der Waals surface area contributed by atoms with Gasteiger partial charge in [-0.1, -0.05) is 28.7 Å². The topological polar surface area (TPSA) is 26.3 Å². The molecule has 1 rings (SSSR count). The number of hydrogen-bond donors (Lipinski definition) is 0. The van der Waals surface area contributed by atoms with Crippen LogP contribution >= 0.6 is 22.6 Å². The number of benzene rings is 1. The number of rotatable bonds is 4. The number of allylic oxidation sites excluding steroid dienone is 1. The molecule has 0 aromatic heterocycles. The lowest BCUT2D eigenvalue weighted by molar-refractivity contribution is -0.134. The SMILES string of the molecule is O=C(CCC=C[125I])Oc1c(F)c(F)cc(F)c1F. The van der Waals surface area contributed by atoms with Gasteiger partial charge in [-0.2, -0.15) is 8.78 Å². The summed E-state index contributed by atoms with van der Waals surface area (Å²) in [7, 11) is 0. The van der Waals surface area contributed by atoms with Crippen LogP contribution in [0.2, 0.25) is 0 Å². The molecule has 0 amide bonds. The van der Waals surface area contributed by atoms with Crippen molar-refractivity contribution in [1.82, 2.24) is 0 Å². The predicted octanol–water partition coefficient (Wildman–Crippen LogP) is 3.88. The summed E-state index contributed by atoms with van der Waals surface area (Å²) in [5.74, 6) is -9.03. The zero-order chi connectivity index (χ0) is 13.7. The number of ether oxygens (including phenoxy) is 1. The van der Waals surface area contributed by atoms with Crippen LogP contribution in [0.1, 0.15) is 12.8 Å². The van der Waals surface area contributed by atoms with Gasteiger partial charge in [-0.25, -0.2) is 8.78 Å². The molecule has 0 unspecified atom stereocenters. The van der Waals surface area contributed by atoms with E-state index in [1.807, 2.05) is 22.6 Å². The number of halogens is 5. The molecule has 18 heavy (non-hydrogen) atoms. The van der Waals surface area contributed by atoms with Crippen molar-refractivity contribution in [2.24, 2.45) is 0 Å². The highest BCUT2D eigenvalue weighted by Gasteiger charge is 2.22. The van der Waals surface area contributed by atoms with Crippen LogP contribution in [0.15, 0.2) is 16.2 Å². The molecule has 7 heteroatoms. The molecule has 0 saturated carbocycles. The van der Waals surface area contributed by atoms with Crippen LogP contribution in [-0.2, 0) is 4.79 Å². The summed E-state index contributed by atoms with van der Waals surface area (Å²) in [6.07, 6.45) is 1.76. The molecule has 98 valence electrons. The lowest BCUT2D eigenvalue weighted by atomic mass is 10.3. The zero-order valence-electron chi connectivity index (χ0n) is 8.85. The Hall–Kier alpha value is -1.12. The summed E-state index contributed by atoms with van der Waals surface area (Å²) >= 11 is 1.93. The minimum absolute atomic E-state index is 0.0425. The van der Waals surface area contributed by atoms with Crippen LogP contribution in [0, 0.1) is 23.3 Å². The lowest BCUT2D eigenvalue weighted by Crippen LogP contribution is -2.11. The smallest absolute Gasteiger partial charge is 0.311 e. The Bertz CT molecular complexity index is 462. The van der Waals surface area contributed by atoms with Crippen LogP contribution in [0.4, 0.5) is 17.6 Å². The first-order chi connectivity index (χ1) is 8.47. The second-order valence-corrected chi connectivity index (χ2v) is 3.89. The summed E-state index contributed by atoms with van der Waals surface area (Å²) < 4.78 is 57.7. The molecular formula is C11H7F4IO2. The Morgan fingerprint density at radius 3 is 2.28 bits per heavy atom. The first kappa shape index (κ1) is 14.9. The van der Waals surface area contributed by atoms with Crippen LogP contribution in [0.3, 0.4) is 0 Å². The molecule has 1 aromatic carbocycles. The third-order valence-corrected chi connectivity index (χ3v) is 2.40. The maximum atomic E-state index is 13.1. The standard InChI is InChI=1S/C11H7F4IO2/c12-6-5-7(13)10(15)11(9(6)14)18-8(17)3-1-2-4-16/h2,4-5H,1,3H2/i16-2. The van der Waals surface area contributed by atoms with E-state index in [0.29, 0.717) is 6.42 Å². The Kier molecular flexibility index (Phi) is 5.57. The van der Waals surface area contributed by atoms with Gasteiger partial charge in [-0.3, -0.25) is 4.79 Å². The molecule has 0 bridgehead atoms. The van der Waals surface area contributed by atoms with Crippen molar-refractivity contribution < 1.29 is 27.1 Å². The fourth-order valence-electron chi connectivity index (χ4n) is 1.07. The molecule has 0 saturated heterocycles. The summed E-state index contributed by atoms with van der Waals surface area (Å²) in [5, 5.41) is 0. The first-order valence-corrected chi connectivity index (χ1v) is 6.00. The number of esters is 1. The van der Waals surface area contributed by atoms with E-state index < -0.39 is 35.0 Å². The van der Waals surface area contributed by atoms with Gasteiger partial charge in [0.1, 0.15) is 0 Å². The van der Waals surface area contributed by atoms with E-state index >= 15 is 0 Å². The second kappa shape index (κ2) is 6.72. The fraction of sp³-hybridized carbons (Fsp3) is 0.182. The summed E-state index contributed by atoms with van der Waals surface area (Å²) in [6.45, 7) is 0. The summed E-state index contributed by atoms with van der Waals surface area (Å²) in [5.41, 5.74) is 0. The number of carbonyl (C=O) groups excluding carboxylic acids is 1. The molecule has 0 aliphatic rings. The average Bonchev–Trinajstić information content (AvgIpc) is 2.32. The molecule has 0 radical (unpaired) electrons. The minimum Gasteiger partial charge on any atom is -0.420 e. The molecular weight excluding hydrogens is 365 g/mol.